The van der Waals surface area contributed by atoms with Crippen molar-refractivity contribution in [2.75, 3.05) is 6.54 Å². The van der Waals surface area contributed by atoms with E-state index >= 15 is 0 Å². The van der Waals surface area contributed by atoms with Crippen LogP contribution in [0.4, 0.5) is 0 Å². The van der Waals surface area contributed by atoms with E-state index in [1.165, 1.54) is 6.08 Å². The lowest BCUT2D eigenvalue weighted by Crippen LogP contribution is -2.51. The van der Waals surface area contributed by atoms with E-state index in [2.05, 4.69) is 4.72 Å². The number of benzene rings is 1. The van der Waals surface area contributed by atoms with Crippen molar-refractivity contribution in [1.29, 1.82) is 0 Å². The zero-order valence-electron chi connectivity index (χ0n) is 12.6. The van der Waals surface area contributed by atoms with Crippen LogP contribution in [0.1, 0.15) is 12.0 Å². The summed E-state index contributed by atoms with van der Waals surface area (Å²) < 4.78 is 50.2. The first-order valence-corrected chi connectivity index (χ1v) is 9.76. The first-order valence-electron chi connectivity index (χ1n) is 7.08. The highest BCUT2D eigenvalue weighted by molar-refractivity contribution is 7.88. The fourth-order valence-corrected chi connectivity index (χ4v) is 4.52. The molecule has 1 aromatic rings. The molecular weight excluding hydrogens is 356 g/mol. The summed E-state index contributed by atoms with van der Waals surface area (Å²) in [5.74, 6) is -1.73. The molecule has 1 aliphatic rings. The Kier molecular flexibility index (Phi) is 5.86. The zero-order chi connectivity index (χ0) is 17.7. The van der Waals surface area contributed by atoms with E-state index in [1.54, 1.807) is 36.4 Å². The number of nitrogens with zero attached hydrogens (tertiary/aromatic N) is 1. The van der Waals surface area contributed by atoms with Gasteiger partial charge in [-0.25, -0.2) is 17.9 Å². The van der Waals surface area contributed by atoms with Crippen LogP contribution >= 0.6 is 0 Å². The second kappa shape index (κ2) is 7.69. The minimum Gasteiger partial charge on any atom is -0.476 e. The Balaban J connectivity index is 2.29. The fourth-order valence-electron chi connectivity index (χ4n) is 2.49. The molecule has 1 aliphatic heterocycles. The quantitative estimate of drug-likeness (QED) is 0.552. The number of hydrogen-bond acceptors (Lipinski definition) is 5. The summed E-state index contributed by atoms with van der Waals surface area (Å²) in [6.07, 6.45) is 3.15. The van der Waals surface area contributed by atoms with Crippen molar-refractivity contribution in [2.24, 2.45) is 0 Å². The Labute approximate surface area is 141 Å². The summed E-state index contributed by atoms with van der Waals surface area (Å²) in [5, 5.41) is 9.36. The van der Waals surface area contributed by atoms with Gasteiger partial charge in [-0.05, 0) is 18.1 Å². The van der Waals surface area contributed by atoms with Gasteiger partial charge in [0.05, 0.1) is 11.8 Å². The van der Waals surface area contributed by atoms with Gasteiger partial charge in [0.25, 0.3) is 6.04 Å². The van der Waals surface area contributed by atoms with Crippen molar-refractivity contribution in [3.63, 3.8) is 0 Å². The second-order valence-corrected chi connectivity index (χ2v) is 7.93. The molecule has 0 amide bonds. The summed E-state index contributed by atoms with van der Waals surface area (Å²) in [6, 6.07) is 5.82. The van der Waals surface area contributed by atoms with Gasteiger partial charge >= 0.3 is 16.5 Å². The van der Waals surface area contributed by atoms with Gasteiger partial charge in [-0.3, -0.25) is 0 Å². The smallest absolute Gasteiger partial charge is 0.460 e. The summed E-state index contributed by atoms with van der Waals surface area (Å²) in [7, 11) is -6.63. The molecule has 10 heteroatoms. The number of carboxylic acids is 1. The highest BCUT2D eigenvalue weighted by Gasteiger charge is 2.42. The number of rotatable bonds is 5. The third-order valence-corrected chi connectivity index (χ3v) is 5.64. The van der Waals surface area contributed by atoms with Crippen molar-refractivity contribution in [2.45, 2.75) is 24.3 Å². The van der Waals surface area contributed by atoms with E-state index in [-0.39, 0.29) is 18.7 Å². The SMILES string of the molecule is O=C(O)C1C(NS(=O)(=O)Cc2ccccc2)CC=CC[N+]1=S(=O)=O. The van der Waals surface area contributed by atoms with Gasteiger partial charge in [-0.1, -0.05) is 40.4 Å². The maximum atomic E-state index is 12.3. The Bertz CT molecular complexity index is 867. The van der Waals surface area contributed by atoms with Crippen LogP contribution in [-0.4, -0.2) is 50.5 Å². The number of sulfonamides is 1. The third kappa shape index (κ3) is 4.73. The van der Waals surface area contributed by atoms with Crippen LogP contribution in [0.2, 0.25) is 0 Å². The molecule has 2 N–H and O–H groups in total. The molecule has 8 nitrogen and oxygen atoms in total. The van der Waals surface area contributed by atoms with Crippen LogP contribution in [0.15, 0.2) is 42.5 Å². The molecule has 0 aliphatic carbocycles. The van der Waals surface area contributed by atoms with Crippen molar-refractivity contribution >= 4 is 26.5 Å². The van der Waals surface area contributed by atoms with Crippen LogP contribution in [0.25, 0.3) is 0 Å². The monoisotopic (exact) mass is 373 g/mol. The van der Waals surface area contributed by atoms with Crippen molar-refractivity contribution in [1.82, 2.24) is 4.72 Å². The van der Waals surface area contributed by atoms with Crippen LogP contribution in [-0.2, 0) is 31.1 Å². The Hall–Kier alpha value is -2.04. The maximum absolute atomic E-state index is 12.3. The minimum absolute atomic E-state index is 0.0820. The Morgan fingerprint density at radius 3 is 2.50 bits per heavy atom. The third-order valence-electron chi connectivity index (χ3n) is 3.51. The van der Waals surface area contributed by atoms with Gasteiger partial charge < -0.3 is 5.11 Å². The standard InChI is InChI=1S/C14H16N2O6S2/c17-14(18)13-12(8-4-5-9-16(13)23(19)20)15-24(21,22)10-11-6-2-1-3-7-11/h1-7,12-13,15H,8-10H2/p+1. The van der Waals surface area contributed by atoms with Gasteiger partial charge in [-0.2, -0.15) is 0 Å². The number of carboxylic acid groups (broad SMARTS) is 1. The molecule has 0 bridgehead atoms. The molecule has 0 saturated heterocycles. The predicted octanol–water partition coefficient (Wildman–Crippen LogP) is -0.0371. The number of hydrogen-bond donors (Lipinski definition) is 2. The molecule has 1 aromatic carbocycles. The highest BCUT2D eigenvalue weighted by atomic mass is 32.2. The molecule has 0 fully saturated rings. The van der Waals surface area contributed by atoms with Crippen molar-refractivity contribution < 1.29 is 30.7 Å². The molecule has 1 heterocycles. The minimum atomic E-state index is -3.84. The van der Waals surface area contributed by atoms with Crippen LogP contribution in [0.5, 0.6) is 0 Å². The lowest BCUT2D eigenvalue weighted by atomic mass is 10.1. The average molecular weight is 373 g/mol. The molecular formula is C14H17N2O6S2+. The van der Waals surface area contributed by atoms with E-state index < -0.39 is 38.6 Å². The summed E-state index contributed by atoms with van der Waals surface area (Å²) in [6.45, 7) is -0.121. The van der Waals surface area contributed by atoms with Crippen molar-refractivity contribution in [3.8, 4) is 0 Å². The lowest BCUT2D eigenvalue weighted by molar-refractivity contribution is -0.524. The van der Waals surface area contributed by atoms with Gasteiger partial charge in [0.1, 0.15) is 0 Å². The summed E-state index contributed by atoms with van der Waals surface area (Å²) in [4.78, 5) is 11.5. The molecule has 2 rings (SSSR count). The second-order valence-electron chi connectivity index (χ2n) is 5.28. The number of carbonyl (C=O) groups is 1. The summed E-state index contributed by atoms with van der Waals surface area (Å²) >= 11 is 0. The van der Waals surface area contributed by atoms with Crippen LogP contribution in [0.3, 0.4) is 0 Å². The molecule has 0 radical (unpaired) electrons. The van der Waals surface area contributed by atoms with Crippen molar-refractivity contribution in [3.05, 3.63) is 48.0 Å². The fraction of sp³-hybridized carbons (Fsp3) is 0.357. The normalized spacial score (nSPS) is 21.2. The Morgan fingerprint density at radius 2 is 1.92 bits per heavy atom. The van der Waals surface area contributed by atoms with E-state index in [1.807, 2.05) is 0 Å². The molecule has 2 atom stereocenters. The van der Waals surface area contributed by atoms with E-state index in [4.69, 9.17) is 0 Å². The highest BCUT2D eigenvalue weighted by Crippen LogP contribution is 2.13. The van der Waals surface area contributed by atoms with Crippen LogP contribution in [0, 0.1) is 0 Å². The summed E-state index contributed by atoms with van der Waals surface area (Å²) in [5.41, 5.74) is 0.547. The Morgan fingerprint density at radius 1 is 1.25 bits per heavy atom. The van der Waals surface area contributed by atoms with Gasteiger partial charge in [0.2, 0.25) is 10.0 Å². The molecule has 2 unspecified atom stereocenters. The van der Waals surface area contributed by atoms with E-state index in [0.29, 0.717) is 9.51 Å². The van der Waals surface area contributed by atoms with Gasteiger partial charge in [-0.15, -0.1) is 8.42 Å². The van der Waals surface area contributed by atoms with E-state index in [0.717, 1.165) is 0 Å². The molecule has 0 aromatic heterocycles. The first kappa shape index (κ1) is 18.3. The van der Waals surface area contributed by atoms with Crippen LogP contribution < -0.4 is 4.72 Å². The van der Waals surface area contributed by atoms with Gasteiger partial charge in [0, 0.05) is 0 Å². The lowest BCUT2D eigenvalue weighted by Gasteiger charge is -2.18. The maximum Gasteiger partial charge on any atom is 0.460 e. The molecule has 0 spiro atoms. The molecule has 24 heavy (non-hydrogen) atoms. The number of aliphatic carboxylic acids is 1. The zero-order valence-corrected chi connectivity index (χ0v) is 14.2. The molecule has 130 valence electrons. The van der Waals surface area contributed by atoms with E-state index in [9.17, 15) is 26.7 Å². The number of nitrogens with one attached hydrogen (secondary N) is 1. The molecule has 0 saturated carbocycles. The topological polar surface area (TPSA) is 121 Å². The van der Waals surface area contributed by atoms with Gasteiger partial charge in [0.15, 0.2) is 6.54 Å². The largest absolute Gasteiger partial charge is 0.476 e. The first-order chi connectivity index (χ1) is 11.3. The average Bonchev–Trinajstić information content (AvgIpc) is 2.69. The predicted molar refractivity (Wildman–Crippen MR) is 85.2 cm³/mol.